The van der Waals surface area contributed by atoms with Crippen LogP contribution in [-0.2, 0) is 17.8 Å². The molecule has 0 fully saturated rings. The van der Waals surface area contributed by atoms with E-state index in [1.54, 1.807) is 4.57 Å². The summed E-state index contributed by atoms with van der Waals surface area (Å²) in [4.78, 5) is 12.2. The summed E-state index contributed by atoms with van der Waals surface area (Å²) in [5.74, 6) is 0.498. The lowest BCUT2D eigenvalue weighted by molar-refractivity contribution is -0.117. The molecular weight excluding hydrogens is 402 g/mol. The Kier molecular flexibility index (Phi) is 6.60. The summed E-state index contributed by atoms with van der Waals surface area (Å²) < 4.78 is 7.66. The van der Waals surface area contributed by atoms with Crippen molar-refractivity contribution < 1.29 is 14.6 Å². The maximum atomic E-state index is 12.2. The summed E-state index contributed by atoms with van der Waals surface area (Å²) in [6, 6.07) is 24.8. The number of hydrogen-bond donors (Lipinski definition) is 1. The fourth-order valence-electron chi connectivity index (χ4n) is 3.63. The minimum absolute atomic E-state index is 0.00153. The van der Waals surface area contributed by atoms with Gasteiger partial charge in [-0.05, 0) is 36.6 Å². The highest BCUT2D eigenvalue weighted by molar-refractivity contribution is 5.95. The first kappa shape index (κ1) is 21.3. The van der Waals surface area contributed by atoms with Crippen molar-refractivity contribution in [2.45, 2.75) is 26.3 Å². The Hall–Kier alpha value is -3.93. The van der Waals surface area contributed by atoms with Crippen molar-refractivity contribution in [3.05, 3.63) is 90.0 Å². The van der Waals surface area contributed by atoms with Crippen LogP contribution in [0, 0.1) is 6.92 Å². The normalized spacial score (nSPS) is 11.3. The van der Waals surface area contributed by atoms with E-state index in [2.05, 4.69) is 10.2 Å². The fraction of sp³-hybridized carbons (Fsp3) is 0.192. The Labute approximate surface area is 186 Å². The predicted molar refractivity (Wildman–Crippen MR) is 125 cm³/mol. The number of aromatic hydroxyl groups is 1. The van der Waals surface area contributed by atoms with Crippen molar-refractivity contribution in [3.63, 3.8) is 0 Å². The van der Waals surface area contributed by atoms with Crippen LogP contribution in [0.5, 0.6) is 11.6 Å². The van der Waals surface area contributed by atoms with Gasteiger partial charge in [0.15, 0.2) is 5.69 Å². The number of hydrogen-bond acceptors (Lipinski definition) is 4. The Bertz CT molecular complexity index is 1250. The van der Waals surface area contributed by atoms with Gasteiger partial charge in [0.25, 0.3) is 5.91 Å². The molecule has 0 spiro atoms. The summed E-state index contributed by atoms with van der Waals surface area (Å²) in [6.07, 6.45) is 0.865. The zero-order chi connectivity index (χ0) is 22.3. The van der Waals surface area contributed by atoms with E-state index < -0.39 is 0 Å². The summed E-state index contributed by atoms with van der Waals surface area (Å²) in [5, 5.41) is 19.5. The van der Waals surface area contributed by atoms with Crippen LogP contribution in [0.1, 0.15) is 17.5 Å². The highest BCUT2D eigenvalue weighted by Gasteiger charge is 2.16. The Morgan fingerprint density at radius 2 is 1.69 bits per heavy atom. The number of nitrogens with zero attached hydrogens (tertiary/aromatic N) is 3. The van der Waals surface area contributed by atoms with Crippen molar-refractivity contribution in [1.29, 1.82) is 0 Å². The molecule has 1 aromatic heterocycles. The maximum absolute atomic E-state index is 12.2. The van der Waals surface area contributed by atoms with Crippen LogP contribution in [0.4, 0.5) is 5.69 Å². The van der Waals surface area contributed by atoms with Gasteiger partial charge in [-0.15, -0.1) is 10.2 Å². The van der Waals surface area contributed by atoms with Crippen molar-refractivity contribution >= 4 is 22.5 Å². The Balaban J connectivity index is 1.47. The van der Waals surface area contributed by atoms with E-state index in [1.807, 2.05) is 85.8 Å². The van der Waals surface area contributed by atoms with Crippen LogP contribution in [-0.4, -0.2) is 22.2 Å². The van der Waals surface area contributed by atoms with E-state index >= 15 is 0 Å². The zero-order valence-electron chi connectivity index (χ0n) is 17.9. The third-order valence-electron chi connectivity index (χ3n) is 5.25. The van der Waals surface area contributed by atoms with Crippen molar-refractivity contribution in [2.75, 3.05) is 6.61 Å². The largest absolute Gasteiger partial charge is 0.493 e. The molecule has 1 heterocycles. The molecular formula is C26H25N3O3. The lowest BCUT2D eigenvalue weighted by atomic mass is 10.1. The minimum atomic E-state index is -0.362. The molecule has 162 valence electrons. The van der Waals surface area contributed by atoms with Crippen LogP contribution in [0.15, 0.2) is 89.1 Å². The summed E-state index contributed by atoms with van der Waals surface area (Å²) in [5.41, 5.74) is 3.11. The van der Waals surface area contributed by atoms with Gasteiger partial charge >= 0.3 is 0 Å². The predicted octanol–water partition coefficient (Wildman–Crippen LogP) is 5.98. The third-order valence-corrected chi connectivity index (χ3v) is 5.25. The number of aryl methyl sites for hydroxylation is 2. The molecule has 0 unspecified atom stereocenters. The molecule has 6 heteroatoms. The van der Waals surface area contributed by atoms with Crippen LogP contribution in [0.2, 0.25) is 0 Å². The van der Waals surface area contributed by atoms with Gasteiger partial charge in [0.2, 0.25) is 5.88 Å². The molecule has 0 atom stereocenters. The number of amides is 1. The maximum Gasteiger partial charge on any atom is 0.269 e. The Morgan fingerprint density at radius 3 is 2.50 bits per heavy atom. The van der Waals surface area contributed by atoms with E-state index in [1.165, 1.54) is 0 Å². The molecule has 3 aromatic carbocycles. The number of fused-ring (bicyclic) bond motifs is 1. The number of carbonyl (C=O) groups excluding carboxylic acids is 1. The molecule has 32 heavy (non-hydrogen) atoms. The van der Waals surface area contributed by atoms with E-state index in [9.17, 15) is 9.90 Å². The highest BCUT2D eigenvalue weighted by atomic mass is 16.5. The molecule has 0 aliphatic rings. The number of ether oxygens (including phenoxy) is 1. The number of azo groups is 1. The number of aromatic nitrogens is 1. The molecule has 0 aliphatic heterocycles. The average molecular weight is 428 g/mol. The third kappa shape index (κ3) is 4.86. The van der Waals surface area contributed by atoms with Gasteiger partial charge in [-0.3, -0.25) is 4.79 Å². The molecule has 0 bridgehead atoms. The van der Waals surface area contributed by atoms with Crippen molar-refractivity contribution in [3.8, 4) is 11.6 Å². The highest BCUT2D eigenvalue weighted by Crippen LogP contribution is 2.39. The van der Waals surface area contributed by atoms with Gasteiger partial charge in [-0.25, -0.2) is 0 Å². The number of benzene rings is 3. The molecule has 4 aromatic rings. The lowest BCUT2D eigenvalue weighted by Crippen LogP contribution is -2.04. The summed E-state index contributed by atoms with van der Waals surface area (Å²) in [6.45, 7) is 3.08. The van der Waals surface area contributed by atoms with Crippen LogP contribution < -0.4 is 4.74 Å². The first-order valence-corrected chi connectivity index (χ1v) is 10.6. The zero-order valence-corrected chi connectivity index (χ0v) is 17.9. The number of para-hydroxylation sites is 2. The molecule has 0 aliphatic carbocycles. The van der Waals surface area contributed by atoms with Gasteiger partial charge in [-0.1, -0.05) is 66.7 Å². The van der Waals surface area contributed by atoms with Crippen LogP contribution in [0.25, 0.3) is 10.9 Å². The molecule has 4 rings (SSSR count). The SMILES string of the molecule is Cc1ccccc1OCCCn1c(O)c(N=NC(=O)Cc2ccccc2)c2ccccc21. The van der Waals surface area contributed by atoms with Gasteiger partial charge in [0, 0.05) is 11.9 Å². The fourth-order valence-corrected chi connectivity index (χ4v) is 3.63. The molecule has 1 amide bonds. The molecule has 0 radical (unpaired) electrons. The summed E-state index contributed by atoms with van der Waals surface area (Å²) >= 11 is 0. The van der Waals surface area contributed by atoms with E-state index in [0.29, 0.717) is 25.3 Å². The van der Waals surface area contributed by atoms with Crippen LogP contribution >= 0.6 is 0 Å². The van der Waals surface area contributed by atoms with E-state index in [0.717, 1.165) is 27.8 Å². The second-order valence-electron chi connectivity index (χ2n) is 7.56. The molecule has 0 saturated heterocycles. The first-order valence-electron chi connectivity index (χ1n) is 10.6. The van der Waals surface area contributed by atoms with Gasteiger partial charge < -0.3 is 14.4 Å². The Morgan fingerprint density at radius 1 is 0.969 bits per heavy atom. The minimum Gasteiger partial charge on any atom is -0.493 e. The lowest BCUT2D eigenvalue weighted by Gasteiger charge is -2.10. The van der Waals surface area contributed by atoms with Gasteiger partial charge in [0.05, 0.1) is 18.5 Å². The second kappa shape index (κ2) is 9.92. The second-order valence-corrected chi connectivity index (χ2v) is 7.56. The van der Waals surface area contributed by atoms with Crippen molar-refractivity contribution in [1.82, 2.24) is 4.57 Å². The molecule has 1 N–H and O–H groups in total. The van der Waals surface area contributed by atoms with E-state index in [-0.39, 0.29) is 18.2 Å². The first-order chi connectivity index (χ1) is 15.6. The van der Waals surface area contributed by atoms with Gasteiger partial charge in [0.1, 0.15) is 5.75 Å². The quantitative estimate of drug-likeness (QED) is 0.278. The monoisotopic (exact) mass is 427 g/mol. The number of carbonyl (C=O) groups is 1. The summed E-state index contributed by atoms with van der Waals surface area (Å²) in [7, 11) is 0. The number of rotatable bonds is 8. The van der Waals surface area contributed by atoms with Crippen LogP contribution in [0.3, 0.4) is 0 Å². The topological polar surface area (TPSA) is 76.2 Å². The molecule has 0 saturated carbocycles. The van der Waals surface area contributed by atoms with Gasteiger partial charge in [-0.2, -0.15) is 0 Å². The van der Waals surface area contributed by atoms with Crippen molar-refractivity contribution in [2.24, 2.45) is 10.2 Å². The standard InChI is InChI=1S/C26H25N3O3/c1-19-10-5-8-15-23(19)32-17-9-16-29-22-14-7-6-13-21(22)25(26(29)31)28-27-24(30)18-20-11-3-2-4-12-20/h2-8,10-15,31H,9,16-18H2,1H3. The van der Waals surface area contributed by atoms with E-state index in [4.69, 9.17) is 4.74 Å². The smallest absolute Gasteiger partial charge is 0.269 e. The average Bonchev–Trinajstić information content (AvgIpc) is 3.08. The molecule has 6 nitrogen and oxygen atoms in total.